The Bertz CT molecular complexity index is 584. The second kappa shape index (κ2) is 4.18. The van der Waals surface area contributed by atoms with Gasteiger partial charge in [0.25, 0.3) is 0 Å². The molecule has 5 nitrogen and oxygen atoms in total. The summed E-state index contributed by atoms with van der Waals surface area (Å²) in [7, 11) is 0. The number of benzene rings is 1. The third kappa shape index (κ3) is 1.95. The fraction of sp³-hybridized carbons (Fsp3) is 0.231. The molecule has 0 saturated carbocycles. The van der Waals surface area contributed by atoms with Crippen molar-refractivity contribution >= 4 is 17.1 Å². The molecule has 5 heteroatoms. The fourth-order valence-electron chi connectivity index (χ4n) is 1.97. The predicted molar refractivity (Wildman–Crippen MR) is 66.7 cm³/mol. The molecule has 0 atom stereocenters. The van der Waals surface area contributed by atoms with Gasteiger partial charge in [0.2, 0.25) is 5.89 Å². The molecule has 92 valence electrons. The quantitative estimate of drug-likeness (QED) is 0.880. The van der Waals surface area contributed by atoms with Crippen LogP contribution in [-0.2, 0) is 6.54 Å². The maximum absolute atomic E-state index is 11.7. The van der Waals surface area contributed by atoms with Gasteiger partial charge in [0.1, 0.15) is 5.52 Å². The van der Waals surface area contributed by atoms with Crippen LogP contribution in [-0.4, -0.2) is 22.5 Å². The van der Waals surface area contributed by atoms with Gasteiger partial charge in [0.15, 0.2) is 5.58 Å². The number of hydrogen-bond donors (Lipinski definition) is 1. The lowest BCUT2D eigenvalue weighted by Gasteiger charge is -2.27. The van der Waals surface area contributed by atoms with E-state index in [2.05, 4.69) is 16.9 Å². The molecular weight excluding hydrogens is 230 g/mol. The summed E-state index contributed by atoms with van der Waals surface area (Å²) in [4.78, 5) is 17.7. The monoisotopic (exact) mass is 243 g/mol. The highest BCUT2D eigenvalue weighted by Gasteiger charge is 2.21. The summed E-state index contributed by atoms with van der Waals surface area (Å²) in [5.41, 5.74) is 2.32. The van der Waals surface area contributed by atoms with E-state index in [0.717, 1.165) is 23.2 Å². The molecule has 0 unspecified atom stereocenters. The zero-order chi connectivity index (χ0) is 12.5. The normalized spacial score (nSPS) is 16.1. The molecule has 1 fully saturated rings. The van der Waals surface area contributed by atoms with Crippen LogP contribution in [0.3, 0.4) is 0 Å². The van der Waals surface area contributed by atoms with Gasteiger partial charge in [0, 0.05) is 18.7 Å². The van der Waals surface area contributed by atoms with E-state index in [1.807, 2.05) is 24.3 Å². The van der Waals surface area contributed by atoms with Crippen LogP contribution in [0, 0.1) is 0 Å². The van der Waals surface area contributed by atoms with Crippen molar-refractivity contribution in [3.8, 4) is 0 Å². The molecule has 0 bridgehead atoms. The van der Waals surface area contributed by atoms with Crippen LogP contribution in [0.4, 0.5) is 4.79 Å². The van der Waals surface area contributed by atoms with Crippen LogP contribution in [0.25, 0.3) is 11.1 Å². The van der Waals surface area contributed by atoms with E-state index in [1.54, 1.807) is 4.90 Å². The third-order valence-corrected chi connectivity index (χ3v) is 2.92. The first-order valence-corrected chi connectivity index (χ1v) is 5.80. The molecule has 2 aromatic rings. The molecular formula is C13H13N3O2. The van der Waals surface area contributed by atoms with Crippen molar-refractivity contribution in [1.82, 2.24) is 15.2 Å². The Morgan fingerprint density at radius 1 is 1.44 bits per heavy atom. The Hall–Kier alpha value is -2.30. The lowest BCUT2D eigenvalue weighted by molar-refractivity contribution is 0.184. The molecule has 2 heterocycles. The van der Waals surface area contributed by atoms with Crippen molar-refractivity contribution in [2.75, 3.05) is 6.54 Å². The molecule has 0 spiro atoms. The highest BCUT2D eigenvalue weighted by molar-refractivity contribution is 5.77. The number of nitrogens with one attached hydrogen (secondary N) is 1. The molecule has 1 saturated heterocycles. The highest BCUT2D eigenvalue weighted by Crippen LogP contribution is 2.17. The van der Waals surface area contributed by atoms with Crippen LogP contribution in [0.15, 0.2) is 41.0 Å². The van der Waals surface area contributed by atoms with E-state index in [4.69, 9.17) is 4.42 Å². The number of hydrogen-bond acceptors (Lipinski definition) is 3. The van der Waals surface area contributed by atoms with Crippen molar-refractivity contribution in [3.05, 3.63) is 42.4 Å². The first-order valence-electron chi connectivity index (χ1n) is 5.80. The average molecular weight is 243 g/mol. The summed E-state index contributed by atoms with van der Waals surface area (Å²) in [6, 6.07) is 7.42. The first kappa shape index (κ1) is 10.8. The van der Waals surface area contributed by atoms with Gasteiger partial charge in [0.05, 0.1) is 6.54 Å². The summed E-state index contributed by atoms with van der Waals surface area (Å²) in [6.45, 7) is 4.77. The number of carbonyl (C=O) groups excluding carboxylic acids is 1. The second-order valence-corrected chi connectivity index (χ2v) is 4.28. The number of amides is 2. The van der Waals surface area contributed by atoms with Crippen molar-refractivity contribution in [2.45, 2.75) is 13.0 Å². The number of carbonyl (C=O) groups is 1. The summed E-state index contributed by atoms with van der Waals surface area (Å²) in [5.74, 6) is 0.555. The van der Waals surface area contributed by atoms with Crippen LogP contribution in [0.5, 0.6) is 0 Å². The Morgan fingerprint density at radius 3 is 3.06 bits per heavy atom. The molecule has 1 aromatic heterocycles. The number of para-hydroxylation sites is 2. The standard InChI is InChI=1S/C13H13N3O2/c1-9-6-7-16(13(17)14-9)8-12-15-10-4-2-3-5-11(10)18-12/h2-5H,1,6-8H2,(H,14,17). The van der Waals surface area contributed by atoms with E-state index in [-0.39, 0.29) is 6.03 Å². The van der Waals surface area contributed by atoms with E-state index < -0.39 is 0 Å². The summed E-state index contributed by atoms with van der Waals surface area (Å²) >= 11 is 0. The maximum Gasteiger partial charge on any atom is 0.322 e. The molecule has 0 aliphatic carbocycles. The van der Waals surface area contributed by atoms with Crippen molar-refractivity contribution < 1.29 is 9.21 Å². The van der Waals surface area contributed by atoms with Crippen LogP contribution >= 0.6 is 0 Å². The van der Waals surface area contributed by atoms with Crippen molar-refractivity contribution in [3.63, 3.8) is 0 Å². The number of rotatable bonds is 2. The molecule has 3 rings (SSSR count). The van der Waals surface area contributed by atoms with E-state index in [0.29, 0.717) is 19.0 Å². The van der Waals surface area contributed by atoms with Gasteiger partial charge in [-0.3, -0.25) is 0 Å². The lowest BCUT2D eigenvalue weighted by Crippen LogP contribution is -2.44. The molecule has 1 aromatic carbocycles. The van der Waals surface area contributed by atoms with Gasteiger partial charge in [-0.05, 0) is 12.1 Å². The van der Waals surface area contributed by atoms with Crippen molar-refractivity contribution in [1.29, 1.82) is 0 Å². The molecule has 1 aliphatic heterocycles. The van der Waals surface area contributed by atoms with Gasteiger partial charge < -0.3 is 14.6 Å². The summed E-state index contributed by atoms with van der Waals surface area (Å²) in [5, 5.41) is 2.71. The minimum atomic E-state index is -0.145. The maximum atomic E-state index is 11.7. The largest absolute Gasteiger partial charge is 0.439 e. The van der Waals surface area contributed by atoms with Crippen LogP contribution in [0.2, 0.25) is 0 Å². The second-order valence-electron chi connectivity index (χ2n) is 4.28. The average Bonchev–Trinajstić information content (AvgIpc) is 2.75. The zero-order valence-electron chi connectivity index (χ0n) is 9.85. The Kier molecular flexibility index (Phi) is 2.51. The fourth-order valence-corrected chi connectivity index (χ4v) is 1.97. The molecule has 2 amide bonds. The smallest absolute Gasteiger partial charge is 0.322 e. The Labute approximate surface area is 104 Å². The van der Waals surface area contributed by atoms with E-state index in [9.17, 15) is 4.79 Å². The number of aromatic nitrogens is 1. The van der Waals surface area contributed by atoms with Gasteiger partial charge in [-0.15, -0.1) is 0 Å². The van der Waals surface area contributed by atoms with Gasteiger partial charge in [-0.2, -0.15) is 0 Å². The number of fused-ring (bicyclic) bond motifs is 1. The number of nitrogens with zero attached hydrogens (tertiary/aromatic N) is 2. The van der Waals surface area contributed by atoms with Crippen LogP contribution < -0.4 is 5.32 Å². The molecule has 1 N–H and O–H groups in total. The SMILES string of the molecule is C=C1CCN(Cc2nc3ccccc3o2)C(=O)N1. The Balaban J connectivity index is 1.79. The number of urea groups is 1. The van der Waals surface area contributed by atoms with Crippen molar-refractivity contribution in [2.24, 2.45) is 0 Å². The number of oxazole rings is 1. The Morgan fingerprint density at radius 2 is 2.28 bits per heavy atom. The minimum Gasteiger partial charge on any atom is -0.439 e. The topological polar surface area (TPSA) is 58.4 Å². The predicted octanol–water partition coefficient (Wildman–Crippen LogP) is 2.26. The van der Waals surface area contributed by atoms with E-state index in [1.165, 1.54) is 0 Å². The van der Waals surface area contributed by atoms with Gasteiger partial charge in [-0.1, -0.05) is 18.7 Å². The first-order chi connectivity index (χ1) is 8.72. The van der Waals surface area contributed by atoms with E-state index >= 15 is 0 Å². The summed E-state index contributed by atoms with van der Waals surface area (Å²) in [6.07, 6.45) is 0.756. The molecule has 1 aliphatic rings. The lowest BCUT2D eigenvalue weighted by atomic mass is 10.2. The highest BCUT2D eigenvalue weighted by atomic mass is 16.3. The molecule has 0 radical (unpaired) electrons. The third-order valence-electron chi connectivity index (χ3n) is 2.92. The molecule has 18 heavy (non-hydrogen) atoms. The summed E-state index contributed by atoms with van der Waals surface area (Å²) < 4.78 is 5.59. The minimum absolute atomic E-state index is 0.145. The van der Waals surface area contributed by atoms with Gasteiger partial charge in [-0.25, -0.2) is 9.78 Å². The van der Waals surface area contributed by atoms with Crippen LogP contribution in [0.1, 0.15) is 12.3 Å². The van der Waals surface area contributed by atoms with Gasteiger partial charge >= 0.3 is 6.03 Å². The zero-order valence-corrected chi connectivity index (χ0v) is 9.85.